The summed E-state index contributed by atoms with van der Waals surface area (Å²) in [5, 5.41) is 11.3. The van der Waals surface area contributed by atoms with Crippen molar-refractivity contribution >= 4 is 23.6 Å². The first kappa shape index (κ1) is 15.3. The van der Waals surface area contributed by atoms with Crippen molar-refractivity contribution in [2.45, 2.75) is 0 Å². The Bertz CT molecular complexity index is 663. The number of ether oxygens (including phenoxy) is 1. The number of carboxylic acid groups (broad SMARTS) is 1. The zero-order valence-electron chi connectivity index (χ0n) is 11.7. The molecule has 0 fully saturated rings. The van der Waals surface area contributed by atoms with Gasteiger partial charge in [-0.15, -0.1) is 0 Å². The third-order valence-electron chi connectivity index (χ3n) is 2.73. The maximum absolute atomic E-state index is 11.7. The number of rotatable bonds is 6. The van der Waals surface area contributed by atoms with E-state index in [4.69, 9.17) is 9.84 Å². The predicted molar refractivity (Wildman–Crippen MR) is 83.7 cm³/mol. The Hall–Kier alpha value is -3.08. The van der Waals surface area contributed by atoms with Gasteiger partial charge in [0.15, 0.2) is 6.61 Å². The lowest BCUT2D eigenvalue weighted by Crippen LogP contribution is -2.20. The summed E-state index contributed by atoms with van der Waals surface area (Å²) in [7, 11) is 0. The van der Waals surface area contributed by atoms with Gasteiger partial charge in [0.1, 0.15) is 5.75 Å². The number of anilines is 1. The summed E-state index contributed by atoms with van der Waals surface area (Å²) in [6.07, 6.45) is 2.54. The van der Waals surface area contributed by atoms with Gasteiger partial charge in [-0.3, -0.25) is 4.79 Å². The standard InChI is InChI=1S/C17H15NO4/c19-16(18-14-4-2-1-3-5-14)12-22-15-9-6-13(7-10-15)8-11-17(20)21/h1-11H,12H2,(H,18,19)(H,20,21)/b11-8+. The molecular weight excluding hydrogens is 282 g/mol. The molecule has 0 saturated carbocycles. The summed E-state index contributed by atoms with van der Waals surface area (Å²) in [6.45, 7) is -0.0980. The molecule has 0 aromatic heterocycles. The van der Waals surface area contributed by atoms with Crippen LogP contribution >= 0.6 is 0 Å². The molecule has 0 bridgehead atoms. The Kier molecular flexibility index (Phi) is 5.31. The molecule has 2 rings (SSSR count). The monoisotopic (exact) mass is 297 g/mol. The maximum Gasteiger partial charge on any atom is 0.328 e. The van der Waals surface area contributed by atoms with E-state index in [9.17, 15) is 9.59 Å². The first-order valence-corrected chi connectivity index (χ1v) is 6.62. The second-order valence-corrected chi connectivity index (χ2v) is 4.44. The smallest absolute Gasteiger partial charge is 0.328 e. The van der Waals surface area contributed by atoms with Gasteiger partial charge in [0.05, 0.1) is 0 Å². The van der Waals surface area contributed by atoms with E-state index >= 15 is 0 Å². The summed E-state index contributed by atoms with van der Waals surface area (Å²) in [6, 6.07) is 15.9. The SMILES string of the molecule is O=C(O)/C=C/c1ccc(OCC(=O)Nc2ccccc2)cc1. The van der Waals surface area contributed by atoms with Crippen LogP contribution in [0.1, 0.15) is 5.56 Å². The Balaban J connectivity index is 1.84. The third kappa shape index (κ3) is 5.13. The number of carbonyl (C=O) groups excluding carboxylic acids is 1. The first-order valence-electron chi connectivity index (χ1n) is 6.62. The summed E-state index contributed by atoms with van der Waals surface area (Å²) in [4.78, 5) is 22.1. The number of hydrogen-bond donors (Lipinski definition) is 2. The minimum atomic E-state index is -1.00. The molecule has 0 aliphatic heterocycles. The van der Waals surface area contributed by atoms with Gasteiger partial charge >= 0.3 is 5.97 Å². The molecule has 2 aromatic rings. The Morgan fingerprint density at radius 1 is 1.05 bits per heavy atom. The molecule has 0 radical (unpaired) electrons. The van der Waals surface area contributed by atoms with E-state index in [1.54, 1.807) is 36.4 Å². The minimum absolute atomic E-state index is 0.0980. The quantitative estimate of drug-likeness (QED) is 0.804. The topological polar surface area (TPSA) is 75.6 Å². The third-order valence-corrected chi connectivity index (χ3v) is 2.73. The van der Waals surface area contributed by atoms with Gasteiger partial charge in [0, 0.05) is 11.8 Å². The van der Waals surface area contributed by atoms with E-state index in [1.807, 2.05) is 18.2 Å². The van der Waals surface area contributed by atoms with E-state index in [0.29, 0.717) is 11.4 Å². The highest BCUT2D eigenvalue weighted by molar-refractivity contribution is 5.91. The van der Waals surface area contributed by atoms with Gasteiger partial charge in [-0.25, -0.2) is 4.79 Å². The van der Waals surface area contributed by atoms with E-state index in [1.165, 1.54) is 6.08 Å². The first-order chi connectivity index (χ1) is 10.6. The molecule has 1 amide bonds. The number of hydrogen-bond acceptors (Lipinski definition) is 3. The van der Waals surface area contributed by atoms with E-state index in [0.717, 1.165) is 11.6 Å². The number of aliphatic carboxylic acids is 1. The Morgan fingerprint density at radius 2 is 1.73 bits per heavy atom. The summed E-state index contributed by atoms with van der Waals surface area (Å²) in [5.41, 5.74) is 1.45. The number of benzene rings is 2. The highest BCUT2D eigenvalue weighted by Crippen LogP contribution is 2.13. The van der Waals surface area contributed by atoms with Crippen molar-refractivity contribution in [3.8, 4) is 5.75 Å². The zero-order valence-corrected chi connectivity index (χ0v) is 11.7. The molecule has 2 N–H and O–H groups in total. The lowest BCUT2D eigenvalue weighted by Gasteiger charge is -2.07. The second-order valence-electron chi connectivity index (χ2n) is 4.44. The molecule has 22 heavy (non-hydrogen) atoms. The van der Waals surface area contributed by atoms with Gasteiger partial charge < -0.3 is 15.2 Å². The van der Waals surface area contributed by atoms with Crippen LogP contribution in [0.5, 0.6) is 5.75 Å². The number of carbonyl (C=O) groups is 2. The van der Waals surface area contributed by atoms with E-state index < -0.39 is 5.97 Å². The van der Waals surface area contributed by atoms with Crippen LogP contribution in [0.3, 0.4) is 0 Å². The molecule has 2 aromatic carbocycles. The highest BCUT2D eigenvalue weighted by atomic mass is 16.5. The summed E-state index contributed by atoms with van der Waals surface area (Å²) < 4.78 is 5.37. The molecule has 5 nitrogen and oxygen atoms in total. The van der Waals surface area contributed by atoms with Crippen molar-refractivity contribution in [3.63, 3.8) is 0 Å². The predicted octanol–water partition coefficient (Wildman–Crippen LogP) is 2.80. The lowest BCUT2D eigenvalue weighted by atomic mass is 10.2. The molecule has 0 spiro atoms. The normalized spacial score (nSPS) is 10.4. The lowest BCUT2D eigenvalue weighted by molar-refractivity contribution is -0.131. The minimum Gasteiger partial charge on any atom is -0.484 e. The number of carboxylic acids is 1. The van der Waals surface area contributed by atoms with Crippen LogP contribution < -0.4 is 10.1 Å². The van der Waals surface area contributed by atoms with Crippen LogP contribution in [0, 0.1) is 0 Å². The van der Waals surface area contributed by atoms with Crippen LogP contribution in [0.15, 0.2) is 60.7 Å². The van der Waals surface area contributed by atoms with Crippen molar-refractivity contribution in [2.75, 3.05) is 11.9 Å². The average molecular weight is 297 g/mol. The molecule has 0 saturated heterocycles. The van der Waals surface area contributed by atoms with Crippen LogP contribution in [0.2, 0.25) is 0 Å². The van der Waals surface area contributed by atoms with Crippen LogP contribution in [0.25, 0.3) is 6.08 Å². The molecule has 112 valence electrons. The van der Waals surface area contributed by atoms with Gasteiger partial charge in [-0.05, 0) is 35.9 Å². The second kappa shape index (κ2) is 7.64. The van der Waals surface area contributed by atoms with Gasteiger partial charge in [-0.2, -0.15) is 0 Å². The zero-order chi connectivity index (χ0) is 15.8. The summed E-state index contributed by atoms with van der Waals surface area (Å²) >= 11 is 0. The number of amides is 1. The fourth-order valence-corrected chi connectivity index (χ4v) is 1.71. The van der Waals surface area contributed by atoms with Crippen LogP contribution in [-0.4, -0.2) is 23.6 Å². The largest absolute Gasteiger partial charge is 0.484 e. The van der Waals surface area contributed by atoms with Crippen molar-refractivity contribution in [1.29, 1.82) is 0 Å². The van der Waals surface area contributed by atoms with Crippen LogP contribution in [-0.2, 0) is 9.59 Å². The molecule has 0 aliphatic carbocycles. The summed E-state index contributed by atoms with van der Waals surface area (Å²) in [5.74, 6) is -0.713. The highest BCUT2D eigenvalue weighted by Gasteiger charge is 2.03. The Labute approximate surface area is 127 Å². The Morgan fingerprint density at radius 3 is 2.36 bits per heavy atom. The fraction of sp³-hybridized carbons (Fsp3) is 0.0588. The average Bonchev–Trinajstić information content (AvgIpc) is 2.53. The van der Waals surface area contributed by atoms with Crippen molar-refractivity contribution in [3.05, 3.63) is 66.2 Å². The van der Waals surface area contributed by atoms with E-state index in [2.05, 4.69) is 5.32 Å². The molecular formula is C17H15NO4. The molecule has 0 unspecified atom stereocenters. The maximum atomic E-state index is 11.7. The van der Waals surface area contributed by atoms with Crippen molar-refractivity contribution in [1.82, 2.24) is 0 Å². The van der Waals surface area contributed by atoms with Gasteiger partial charge in [-0.1, -0.05) is 30.3 Å². The fourth-order valence-electron chi connectivity index (χ4n) is 1.71. The van der Waals surface area contributed by atoms with Crippen molar-refractivity contribution in [2.24, 2.45) is 0 Å². The van der Waals surface area contributed by atoms with E-state index in [-0.39, 0.29) is 12.5 Å². The van der Waals surface area contributed by atoms with Crippen LogP contribution in [0.4, 0.5) is 5.69 Å². The molecule has 0 atom stereocenters. The number of nitrogens with one attached hydrogen (secondary N) is 1. The van der Waals surface area contributed by atoms with Crippen molar-refractivity contribution < 1.29 is 19.4 Å². The van der Waals surface area contributed by atoms with Gasteiger partial charge in [0.2, 0.25) is 0 Å². The molecule has 0 aliphatic rings. The molecule has 5 heteroatoms. The molecule has 0 heterocycles. The number of para-hydroxylation sites is 1. The van der Waals surface area contributed by atoms with Gasteiger partial charge in [0.25, 0.3) is 5.91 Å².